The van der Waals surface area contributed by atoms with Crippen LogP contribution in [0.5, 0.6) is 11.5 Å². The quantitative estimate of drug-likeness (QED) is 0.904. The first-order valence-electron chi connectivity index (χ1n) is 6.66. The minimum Gasteiger partial charge on any atom is -0.497 e. The predicted octanol–water partition coefficient (Wildman–Crippen LogP) is 3.40. The standard InChI is InChI=1S/C17H21NO2/c1-12-9-13(11-18-2)5-7-15(12)16-10-14(19-3)6-8-17(16)20-4/h5-10,18H,11H2,1-4H3. The van der Waals surface area contributed by atoms with Crippen molar-refractivity contribution in [2.24, 2.45) is 0 Å². The molecule has 0 unspecified atom stereocenters. The second kappa shape index (κ2) is 6.44. The molecule has 3 heteroatoms. The number of rotatable bonds is 5. The Morgan fingerprint density at radius 1 is 0.950 bits per heavy atom. The van der Waals surface area contributed by atoms with E-state index in [-0.39, 0.29) is 0 Å². The molecular weight excluding hydrogens is 250 g/mol. The first kappa shape index (κ1) is 14.4. The second-order valence-corrected chi connectivity index (χ2v) is 4.75. The van der Waals surface area contributed by atoms with Crippen LogP contribution in [0.25, 0.3) is 11.1 Å². The van der Waals surface area contributed by atoms with E-state index in [1.807, 2.05) is 25.2 Å². The topological polar surface area (TPSA) is 30.5 Å². The average Bonchev–Trinajstić information content (AvgIpc) is 2.47. The maximum Gasteiger partial charge on any atom is 0.126 e. The van der Waals surface area contributed by atoms with Gasteiger partial charge in [-0.3, -0.25) is 0 Å². The van der Waals surface area contributed by atoms with E-state index in [1.54, 1.807) is 14.2 Å². The van der Waals surface area contributed by atoms with Gasteiger partial charge in [-0.2, -0.15) is 0 Å². The SMILES string of the molecule is CNCc1ccc(-c2cc(OC)ccc2OC)c(C)c1. The Kier molecular flexibility index (Phi) is 4.64. The fourth-order valence-corrected chi connectivity index (χ4v) is 2.37. The van der Waals surface area contributed by atoms with Crippen LogP contribution in [-0.2, 0) is 6.54 Å². The van der Waals surface area contributed by atoms with Gasteiger partial charge in [-0.25, -0.2) is 0 Å². The fourth-order valence-electron chi connectivity index (χ4n) is 2.37. The summed E-state index contributed by atoms with van der Waals surface area (Å²) in [6, 6.07) is 12.3. The summed E-state index contributed by atoms with van der Waals surface area (Å²) in [6.07, 6.45) is 0. The van der Waals surface area contributed by atoms with Gasteiger partial charge in [-0.05, 0) is 48.9 Å². The maximum atomic E-state index is 5.46. The Hall–Kier alpha value is -2.00. The van der Waals surface area contributed by atoms with E-state index in [0.29, 0.717) is 0 Å². The fraction of sp³-hybridized carbons (Fsp3) is 0.294. The van der Waals surface area contributed by atoms with Crippen LogP contribution in [-0.4, -0.2) is 21.3 Å². The van der Waals surface area contributed by atoms with Gasteiger partial charge in [0.15, 0.2) is 0 Å². The van der Waals surface area contributed by atoms with Crippen LogP contribution in [0, 0.1) is 6.92 Å². The highest BCUT2D eigenvalue weighted by Gasteiger charge is 2.10. The normalized spacial score (nSPS) is 10.4. The number of hydrogen-bond donors (Lipinski definition) is 1. The minimum absolute atomic E-state index is 0.833. The maximum absolute atomic E-state index is 5.46. The summed E-state index contributed by atoms with van der Waals surface area (Å²) in [4.78, 5) is 0. The third-order valence-electron chi connectivity index (χ3n) is 3.37. The van der Waals surface area contributed by atoms with Crippen LogP contribution in [0.3, 0.4) is 0 Å². The zero-order valence-corrected chi connectivity index (χ0v) is 12.5. The number of ether oxygens (including phenoxy) is 2. The Labute approximate surface area is 120 Å². The zero-order valence-electron chi connectivity index (χ0n) is 12.5. The lowest BCUT2D eigenvalue weighted by atomic mass is 9.97. The first-order valence-corrected chi connectivity index (χ1v) is 6.66. The van der Waals surface area contributed by atoms with Gasteiger partial charge in [-0.15, -0.1) is 0 Å². The summed E-state index contributed by atoms with van der Waals surface area (Å²) < 4.78 is 10.8. The van der Waals surface area contributed by atoms with Crippen molar-refractivity contribution >= 4 is 0 Å². The number of hydrogen-bond acceptors (Lipinski definition) is 3. The van der Waals surface area contributed by atoms with E-state index < -0.39 is 0 Å². The molecule has 1 N–H and O–H groups in total. The lowest BCUT2D eigenvalue weighted by Crippen LogP contribution is -2.05. The first-order chi connectivity index (χ1) is 9.69. The van der Waals surface area contributed by atoms with E-state index in [9.17, 15) is 0 Å². The third-order valence-corrected chi connectivity index (χ3v) is 3.37. The summed E-state index contributed by atoms with van der Waals surface area (Å²) in [6.45, 7) is 2.99. The molecule has 0 aliphatic rings. The summed E-state index contributed by atoms with van der Waals surface area (Å²) in [5.74, 6) is 1.69. The molecule has 0 atom stereocenters. The highest BCUT2D eigenvalue weighted by Crippen LogP contribution is 2.35. The van der Waals surface area contributed by atoms with Gasteiger partial charge in [-0.1, -0.05) is 18.2 Å². The highest BCUT2D eigenvalue weighted by atomic mass is 16.5. The number of nitrogens with one attached hydrogen (secondary N) is 1. The molecule has 2 rings (SSSR count). The highest BCUT2D eigenvalue weighted by molar-refractivity contribution is 5.75. The Morgan fingerprint density at radius 2 is 1.75 bits per heavy atom. The minimum atomic E-state index is 0.833. The summed E-state index contributed by atoms with van der Waals surface area (Å²) >= 11 is 0. The van der Waals surface area contributed by atoms with Crippen molar-refractivity contribution in [3.05, 3.63) is 47.5 Å². The summed E-state index contributed by atoms with van der Waals surface area (Å²) in [5.41, 5.74) is 4.72. The van der Waals surface area contributed by atoms with Gasteiger partial charge >= 0.3 is 0 Å². The molecule has 0 aromatic heterocycles. The van der Waals surface area contributed by atoms with Crippen molar-refractivity contribution in [1.29, 1.82) is 0 Å². The van der Waals surface area contributed by atoms with Crippen LogP contribution in [0.4, 0.5) is 0 Å². The van der Waals surface area contributed by atoms with Gasteiger partial charge < -0.3 is 14.8 Å². The molecule has 0 heterocycles. The van der Waals surface area contributed by atoms with Gasteiger partial charge in [0.05, 0.1) is 14.2 Å². The van der Waals surface area contributed by atoms with Crippen molar-refractivity contribution in [3.8, 4) is 22.6 Å². The molecule has 20 heavy (non-hydrogen) atoms. The number of aryl methyl sites for hydroxylation is 1. The third kappa shape index (κ3) is 2.94. The monoisotopic (exact) mass is 271 g/mol. The Balaban J connectivity index is 2.49. The molecule has 3 nitrogen and oxygen atoms in total. The molecule has 106 valence electrons. The van der Waals surface area contributed by atoms with Crippen LogP contribution in [0.15, 0.2) is 36.4 Å². The van der Waals surface area contributed by atoms with Crippen LogP contribution >= 0.6 is 0 Å². The van der Waals surface area contributed by atoms with E-state index >= 15 is 0 Å². The van der Waals surface area contributed by atoms with Crippen LogP contribution < -0.4 is 14.8 Å². The molecule has 0 radical (unpaired) electrons. The average molecular weight is 271 g/mol. The van der Waals surface area contributed by atoms with Crippen LogP contribution in [0.2, 0.25) is 0 Å². The molecule has 2 aromatic carbocycles. The number of methoxy groups -OCH3 is 2. The van der Waals surface area contributed by atoms with E-state index in [2.05, 4.69) is 30.4 Å². The second-order valence-electron chi connectivity index (χ2n) is 4.75. The van der Waals surface area contributed by atoms with Gasteiger partial charge in [0.25, 0.3) is 0 Å². The van der Waals surface area contributed by atoms with Gasteiger partial charge in [0, 0.05) is 12.1 Å². The Bertz CT molecular complexity index is 594. The van der Waals surface area contributed by atoms with E-state index in [4.69, 9.17) is 9.47 Å². The lowest BCUT2D eigenvalue weighted by Gasteiger charge is -2.14. The molecule has 0 aliphatic heterocycles. The molecule has 0 bridgehead atoms. The largest absolute Gasteiger partial charge is 0.497 e. The predicted molar refractivity (Wildman–Crippen MR) is 82.5 cm³/mol. The van der Waals surface area contributed by atoms with Crippen molar-refractivity contribution < 1.29 is 9.47 Å². The van der Waals surface area contributed by atoms with Crippen molar-refractivity contribution in [3.63, 3.8) is 0 Å². The Morgan fingerprint density at radius 3 is 2.35 bits per heavy atom. The molecule has 2 aromatic rings. The molecule has 0 aliphatic carbocycles. The van der Waals surface area contributed by atoms with E-state index in [1.165, 1.54) is 16.7 Å². The summed E-state index contributed by atoms with van der Waals surface area (Å²) in [5, 5.41) is 3.17. The summed E-state index contributed by atoms with van der Waals surface area (Å²) in [7, 11) is 5.32. The van der Waals surface area contributed by atoms with Crippen LogP contribution in [0.1, 0.15) is 11.1 Å². The molecule has 0 saturated heterocycles. The zero-order chi connectivity index (χ0) is 14.5. The van der Waals surface area contributed by atoms with Gasteiger partial charge in [0.1, 0.15) is 11.5 Å². The van der Waals surface area contributed by atoms with Crippen molar-refractivity contribution in [2.75, 3.05) is 21.3 Å². The molecule has 0 saturated carbocycles. The number of benzene rings is 2. The van der Waals surface area contributed by atoms with Gasteiger partial charge in [0.2, 0.25) is 0 Å². The molecule has 0 fully saturated rings. The van der Waals surface area contributed by atoms with Crippen molar-refractivity contribution in [2.45, 2.75) is 13.5 Å². The molecule has 0 spiro atoms. The lowest BCUT2D eigenvalue weighted by molar-refractivity contribution is 0.404. The van der Waals surface area contributed by atoms with Crippen molar-refractivity contribution in [1.82, 2.24) is 5.32 Å². The molecular formula is C17H21NO2. The molecule has 0 amide bonds. The van der Waals surface area contributed by atoms with E-state index in [0.717, 1.165) is 23.6 Å². The smallest absolute Gasteiger partial charge is 0.126 e.